The summed E-state index contributed by atoms with van der Waals surface area (Å²) in [5, 5.41) is 20.0. The van der Waals surface area contributed by atoms with Gasteiger partial charge in [-0.3, -0.25) is 4.79 Å². The van der Waals surface area contributed by atoms with Crippen molar-refractivity contribution in [3.63, 3.8) is 0 Å². The second kappa shape index (κ2) is 4.12. The summed E-state index contributed by atoms with van der Waals surface area (Å²) in [6.45, 7) is 1.75. The molecule has 2 aromatic heterocycles. The number of carbonyl (C=O) groups is 1. The van der Waals surface area contributed by atoms with Gasteiger partial charge in [0.05, 0.1) is 5.69 Å². The molecule has 0 radical (unpaired) electrons. The van der Waals surface area contributed by atoms with Crippen LogP contribution in [-0.2, 0) is 0 Å². The van der Waals surface area contributed by atoms with Gasteiger partial charge >= 0.3 is 5.97 Å². The Hall–Kier alpha value is -2.57. The maximum Gasteiger partial charge on any atom is 0.356 e. The summed E-state index contributed by atoms with van der Waals surface area (Å²) >= 11 is 0. The molecule has 2 aromatic rings. The molecule has 0 amide bonds. The Balaban J connectivity index is 2.58. The predicted octanol–water partition coefficient (Wildman–Crippen LogP) is 0.0291. The van der Waals surface area contributed by atoms with Gasteiger partial charge in [-0.2, -0.15) is 14.9 Å². The Bertz CT molecular complexity index is 618. The van der Waals surface area contributed by atoms with Crippen molar-refractivity contribution in [3.05, 3.63) is 46.0 Å². The minimum atomic E-state index is -1.21. The van der Waals surface area contributed by atoms with Gasteiger partial charge in [0.25, 0.3) is 5.56 Å². The van der Waals surface area contributed by atoms with Gasteiger partial charge < -0.3 is 5.11 Å². The van der Waals surface area contributed by atoms with Gasteiger partial charge in [-0.25, -0.2) is 4.79 Å². The first-order valence-corrected chi connectivity index (χ1v) is 4.72. The van der Waals surface area contributed by atoms with E-state index in [4.69, 9.17) is 5.11 Å². The zero-order chi connectivity index (χ0) is 12.4. The molecule has 1 N–H and O–H groups in total. The molecule has 0 saturated carbocycles. The van der Waals surface area contributed by atoms with Crippen molar-refractivity contribution in [2.45, 2.75) is 6.92 Å². The van der Waals surface area contributed by atoms with E-state index in [1.807, 2.05) is 0 Å². The summed E-state index contributed by atoms with van der Waals surface area (Å²) in [6.07, 6.45) is 0. The Kier molecular flexibility index (Phi) is 2.65. The van der Waals surface area contributed by atoms with Crippen LogP contribution in [0.25, 0.3) is 5.82 Å². The summed E-state index contributed by atoms with van der Waals surface area (Å²) < 4.78 is 0.899. The molecule has 0 aliphatic heterocycles. The number of rotatable bonds is 2. The molecule has 7 nitrogen and oxygen atoms in total. The normalized spacial score (nSPS) is 10.2. The van der Waals surface area contributed by atoms with E-state index in [-0.39, 0.29) is 11.5 Å². The number of aromatic nitrogens is 4. The van der Waals surface area contributed by atoms with E-state index < -0.39 is 11.5 Å². The number of carboxylic acids is 1. The van der Waals surface area contributed by atoms with Crippen LogP contribution in [0.15, 0.2) is 29.1 Å². The quantitative estimate of drug-likeness (QED) is 0.784. The molecule has 0 fully saturated rings. The Morgan fingerprint density at radius 2 is 2.00 bits per heavy atom. The highest BCUT2D eigenvalue weighted by Gasteiger charge is 2.09. The third-order valence-corrected chi connectivity index (χ3v) is 2.02. The molecular weight excluding hydrogens is 224 g/mol. The van der Waals surface area contributed by atoms with E-state index in [2.05, 4.69) is 15.3 Å². The van der Waals surface area contributed by atoms with Crippen LogP contribution in [0.3, 0.4) is 0 Å². The average molecular weight is 232 g/mol. The van der Waals surface area contributed by atoms with Crippen LogP contribution in [-0.4, -0.2) is 31.1 Å². The lowest BCUT2D eigenvalue weighted by molar-refractivity contribution is 0.0688. The minimum Gasteiger partial charge on any atom is -0.476 e. The Labute approximate surface area is 95.4 Å². The second-order valence-corrected chi connectivity index (χ2v) is 3.31. The lowest BCUT2D eigenvalue weighted by Gasteiger charge is -2.03. The molecule has 0 aromatic carbocycles. The molecule has 17 heavy (non-hydrogen) atoms. The third kappa shape index (κ3) is 2.17. The van der Waals surface area contributed by atoms with E-state index in [9.17, 15) is 9.59 Å². The number of hydrogen-bond acceptors (Lipinski definition) is 5. The van der Waals surface area contributed by atoms with Gasteiger partial charge in [0, 0.05) is 6.07 Å². The molecule has 0 aliphatic rings. The van der Waals surface area contributed by atoms with Crippen molar-refractivity contribution in [2.75, 3.05) is 0 Å². The Morgan fingerprint density at radius 1 is 1.24 bits per heavy atom. The molecular formula is C10H8N4O3. The maximum absolute atomic E-state index is 11.5. The van der Waals surface area contributed by atoms with Gasteiger partial charge in [-0.1, -0.05) is 0 Å². The summed E-state index contributed by atoms with van der Waals surface area (Å²) in [7, 11) is 0. The van der Waals surface area contributed by atoms with Gasteiger partial charge in [0.15, 0.2) is 11.5 Å². The summed E-state index contributed by atoms with van der Waals surface area (Å²) in [6, 6.07) is 5.47. The summed E-state index contributed by atoms with van der Waals surface area (Å²) in [5.41, 5.74) is -0.00341. The van der Waals surface area contributed by atoms with Crippen LogP contribution in [0.1, 0.15) is 16.2 Å². The second-order valence-electron chi connectivity index (χ2n) is 3.31. The van der Waals surface area contributed by atoms with Crippen molar-refractivity contribution in [1.29, 1.82) is 0 Å². The third-order valence-electron chi connectivity index (χ3n) is 2.02. The van der Waals surface area contributed by atoms with Crippen molar-refractivity contribution in [2.24, 2.45) is 0 Å². The predicted molar refractivity (Wildman–Crippen MR) is 57.1 cm³/mol. The van der Waals surface area contributed by atoms with Crippen molar-refractivity contribution in [1.82, 2.24) is 20.0 Å². The van der Waals surface area contributed by atoms with E-state index in [1.165, 1.54) is 0 Å². The van der Waals surface area contributed by atoms with Crippen LogP contribution < -0.4 is 5.56 Å². The molecule has 0 spiro atoms. The molecule has 0 atom stereocenters. The zero-order valence-corrected chi connectivity index (χ0v) is 8.86. The average Bonchev–Trinajstić information content (AvgIpc) is 2.31. The summed E-state index contributed by atoms with van der Waals surface area (Å²) in [4.78, 5) is 22.3. The topological polar surface area (TPSA) is 98.0 Å². The van der Waals surface area contributed by atoms with Crippen molar-refractivity contribution >= 4 is 5.97 Å². The highest BCUT2D eigenvalue weighted by Crippen LogP contribution is 1.99. The lowest BCUT2D eigenvalue weighted by Crippen LogP contribution is -2.23. The van der Waals surface area contributed by atoms with Gasteiger partial charge in [0.1, 0.15) is 0 Å². The fraction of sp³-hybridized carbons (Fsp3) is 0.100. The molecule has 0 saturated heterocycles. The van der Waals surface area contributed by atoms with E-state index in [0.717, 1.165) is 16.8 Å². The van der Waals surface area contributed by atoms with Gasteiger partial charge in [-0.05, 0) is 25.1 Å². The first kappa shape index (κ1) is 10.9. The molecule has 2 heterocycles. The highest BCUT2D eigenvalue weighted by atomic mass is 16.4. The lowest BCUT2D eigenvalue weighted by atomic mass is 10.4. The molecule has 0 unspecified atom stereocenters. The summed E-state index contributed by atoms with van der Waals surface area (Å²) in [5.74, 6) is -1.03. The van der Waals surface area contributed by atoms with Crippen LogP contribution >= 0.6 is 0 Å². The van der Waals surface area contributed by atoms with Crippen LogP contribution in [0.2, 0.25) is 0 Å². The maximum atomic E-state index is 11.5. The highest BCUT2D eigenvalue weighted by molar-refractivity contribution is 5.84. The molecule has 7 heteroatoms. The molecule has 2 rings (SSSR count). The SMILES string of the molecule is Cc1ccc(-n2nc(C(=O)O)ccc2=O)nn1. The van der Waals surface area contributed by atoms with Crippen molar-refractivity contribution < 1.29 is 9.90 Å². The zero-order valence-electron chi connectivity index (χ0n) is 8.86. The molecule has 86 valence electrons. The fourth-order valence-corrected chi connectivity index (χ4v) is 1.19. The molecule has 0 aliphatic carbocycles. The number of hydrogen-bond donors (Lipinski definition) is 1. The fourth-order valence-electron chi connectivity index (χ4n) is 1.19. The van der Waals surface area contributed by atoms with Crippen LogP contribution in [0.4, 0.5) is 0 Å². The first-order valence-electron chi connectivity index (χ1n) is 4.72. The van der Waals surface area contributed by atoms with Crippen molar-refractivity contribution in [3.8, 4) is 5.82 Å². The minimum absolute atomic E-state index is 0.184. The largest absolute Gasteiger partial charge is 0.476 e. The molecule has 0 bridgehead atoms. The number of carboxylic acid groups (broad SMARTS) is 1. The van der Waals surface area contributed by atoms with Crippen LogP contribution in [0.5, 0.6) is 0 Å². The van der Waals surface area contributed by atoms with Gasteiger partial charge in [0.2, 0.25) is 0 Å². The number of aryl methyl sites for hydroxylation is 1. The smallest absolute Gasteiger partial charge is 0.356 e. The van der Waals surface area contributed by atoms with Crippen LogP contribution in [0, 0.1) is 6.92 Å². The van der Waals surface area contributed by atoms with E-state index >= 15 is 0 Å². The van der Waals surface area contributed by atoms with E-state index in [0.29, 0.717) is 5.69 Å². The van der Waals surface area contributed by atoms with E-state index in [1.54, 1.807) is 19.1 Å². The first-order chi connectivity index (χ1) is 8.08. The number of nitrogens with zero attached hydrogens (tertiary/aromatic N) is 4. The van der Waals surface area contributed by atoms with Gasteiger partial charge in [-0.15, -0.1) is 5.10 Å². The number of aromatic carboxylic acids is 1. The Morgan fingerprint density at radius 3 is 2.59 bits per heavy atom. The standard InChI is InChI=1S/C10H8N4O3/c1-6-2-4-8(12-11-6)14-9(15)5-3-7(13-14)10(16)17/h2-5H,1H3,(H,16,17). The monoisotopic (exact) mass is 232 g/mol.